The number of halogens is 6. The number of nitriles is 1. The third kappa shape index (κ3) is 9.83. The molecular formula is C22H19F6N4O8PS2. The van der Waals surface area contributed by atoms with Gasteiger partial charge in [-0.25, -0.2) is 17.8 Å². The molecular weight excluding hydrogens is 657 g/mol. The van der Waals surface area contributed by atoms with Gasteiger partial charge >= 0.3 is 25.9 Å². The number of aliphatic carboxylic acids is 1. The summed E-state index contributed by atoms with van der Waals surface area (Å²) in [5, 5.41) is 25.4. The molecule has 234 valence electrons. The van der Waals surface area contributed by atoms with Crippen molar-refractivity contribution in [1.29, 1.82) is 10.7 Å². The Labute approximate surface area is 242 Å². The molecule has 43 heavy (non-hydrogen) atoms. The molecule has 0 radical (unpaired) electrons. The fourth-order valence-corrected chi connectivity index (χ4v) is 7.34. The number of para-hydroxylation sites is 1. The first-order valence-electron chi connectivity index (χ1n) is 11.1. The van der Waals surface area contributed by atoms with Crippen LogP contribution in [0.5, 0.6) is 11.5 Å². The van der Waals surface area contributed by atoms with Crippen molar-refractivity contribution < 1.29 is 63.4 Å². The molecule has 1 unspecified atom stereocenters. The van der Waals surface area contributed by atoms with E-state index >= 15 is 0 Å². The number of carbonyl (C=O) groups is 1. The smallest absolute Gasteiger partial charge is 0.490 e. The second-order valence-electron chi connectivity index (χ2n) is 7.78. The lowest BCUT2D eigenvalue weighted by Crippen LogP contribution is -2.27. The van der Waals surface area contributed by atoms with Crippen LogP contribution >= 0.6 is 18.9 Å². The Bertz CT molecular complexity index is 1660. The maximum absolute atomic E-state index is 14.1. The van der Waals surface area contributed by atoms with Gasteiger partial charge in [0.15, 0.2) is 0 Å². The number of carboxylic acid groups (broad SMARTS) is 1. The molecule has 12 nitrogen and oxygen atoms in total. The van der Waals surface area contributed by atoms with Gasteiger partial charge in [0.25, 0.3) is 10.0 Å². The van der Waals surface area contributed by atoms with Crippen LogP contribution in [-0.4, -0.2) is 56.3 Å². The Morgan fingerprint density at radius 2 is 1.74 bits per heavy atom. The number of ether oxygens (including phenoxy) is 1. The van der Waals surface area contributed by atoms with E-state index in [0.717, 1.165) is 6.34 Å². The molecule has 21 heteroatoms. The van der Waals surface area contributed by atoms with Gasteiger partial charge in [-0.05, 0) is 24.3 Å². The van der Waals surface area contributed by atoms with Crippen LogP contribution in [-0.2, 0) is 25.6 Å². The van der Waals surface area contributed by atoms with Gasteiger partial charge in [-0.3, -0.25) is 5.41 Å². The number of alkyl halides is 6. The molecule has 0 saturated heterocycles. The highest BCUT2D eigenvalue weighted by Gasteiger charge is 2.43. The average molecular weight is 677 g/mol. The minimum atomic E-state index is -5.20. The Hall–Kier alpha value is -3.89. The van der Waals surface area contributed by atoms with Gasteiger partial charge in [-0.2, -0.15) is 36.3 Å². The van der Waals surface area contributed by atoms with Crippen molar-refractivity contribution in [3.63, 3.8) is 0 Å². The van der Waals surface area contributed by atoms with Crippen LogP contribution in [0.3, 0.4) is 0 Å². The second-order valence-corrected chi connectivity index (χ2v) is 12.6. The lowest BCUT2D eigenvalue weighted by Gasteiger charge is -2.15. The summed E-state index contributed by atoms with van der Waals surface area (Å²) in [6.45, 7) is 0.0545. The topological polar surface area (TPSA) is 199 Å². The lowest BCUT2D eigenvalue weighted by molar-refractivity contribution is -0.192. The molecule has 0 fully saturated rings. The van der Waals surface area contributed by atoms with E-state index in [0.29, 0.717) is 0 Å². The molecule has 0 aliphatic rings. The molecule has 0 spiro atoms. The van der Waals surface area contributed by atoms with Crippen LogP contribution in [0.4, 0.5) is 26.3 Å². The number of carboxylic acids is 1. The van der Waals surface area contributed by atoms with Crippen molar-refractivity contribution in [3.8, 4) is 17.6 Å². The molecule has 1 atom stereocenters. The molecule has 5 N–H and O–H groups in total. The van der Waals surface area contributed by atoms with E-state index in [1.165, 1.54) is 36.4 Å². The summed E-state index contributed by atoms with van der Waals surface area (Å²) in [4.78, 5) is 18.9. The number of thiophene rings is 1. The number of hydrogen-bond donors (Lipinski definition) is 5. The van der Waals surface area contributed by atoms with E-state index in [-0.39, 0.29) is 40.7 Å². The van der Waals surface area contributed by atoms with Gasteiger partial charge in [0.1, 0.15) is 40.2 Å². The Morgan fingerprint density at radius 3 is 2.26 bits per heavy atom. The van der Waals surface area contributed by atoms with Gasteiger partial charge in [0, 0.05) is 16.6 Å². The normalized spacial score (nSPS) is 13.2. The summed E-state index contributed by atoms with van der Waals surface area (Å²) in [6, 6.07) is 11.4. The van der Waals surface area contributed by atoms with Crippen LogP contribution in [0.2, 0.25) is 0 Å². The predicted molar refractivity (Wildman–Crippen MR) is 140 cm³/mol. The molecule has 0 saturated carbocycles. The Kier molecular flexibility index (Phi) is 11.5. The summed E-state index contributed by atoms with van der Waals surface area (Å²) >= 11 is 0.251. The zero-order valence-electron chi connectivity index (χ0n) is 21.1. The highest BCUT2D eigenvalue weighted by Crippen LogP contribution is 2.48. The van der Waals surface area contributed by atoms with E-state index in [9.17, 15) is 49.5 Å². The van der Waals surface area contributed by atoms with Crippen molar-refractivity contribution in [2.45, 2.75) is 16.6 Å². The van der Waals surface area contributed by atoms with Crippen LogP contribution in [0, 0.1) is 16.7 Å². The highest BCUT2D eigenvalue weighted by atomic mass is 32.2. The zero-order chi connectivity index (χ0) is 32.6. The maximum Gasteiger partial charge on any atom is 0.490 e. The monoisotopic (exact) mass is 676 g/mol. The van der Waals surface area contributed by atoms with E-state index in [2.05, 4.69) is 5.32 Å². The summed E-state index contributed by atoms with van der Waals surface area (Å²) in [5.41, 5.74) is -2.11. The van der Waals surface area contributed by atoms with Crippen molar-refractivity contribution in [2.24, 2.45) is 0 Å². The van der Waals surface area contributed by atoms with Crippen LogP contribution < -0.4 is 19.3 Å². The SMILES string of the molecule is N#Cc1c(OCCNC=N)ccc2sc(S(=O)(=O)NCP(=O)(O)Oc3ccccc3)c(C(F)(F)F)c12.O=C(O)C(F)(F)F. The fraction of sp³-hybridized carbons (Fsp3) is 0.227. The van der Waals surface area contributed by atoms with Crippen molar-refractivity contribution in [3.05, 3.63) is 53.6 Å². The minimum Gasteiger partial charge on any atom is -0.490 e. The first-order valence-corrected chi connectivity index (χ1v) is 15.2. The summed E-state index contributed by atoms with van der Waals surface area (Å²) < 4.78 is 123. The van der Waals surface area contributed by atoms with Crippen molar-refractivity contribution >= 4 is 51.3 Å². The van der Waals surface area contributed by atoms with Crippen molar-refractivity contribution in [1.82, 2.24) is 10.0 Å². The largest absolute Gasteiger partial charge is 0.490 e. The molecule has 1 aromatic heterocycles. The lowest BCUT2D eigenvalue weighted by atomic mass is 10.1. The molecule has 1 heterocycles. The molecule has 0 aliphatic carbocycles. The van der Waals surface area contributed by atoms with Gasteiger partial charge < -0.3 is 24.6 Å². The number of nitrogens with one attached hydrogen (secondary N) is 3. The molecule has 0 amide bonds. The first kappa shape index (κ1) is 35.3. The molecule has 0 aliphatic heterocycles. The Morgan fingerprint density at radius 1 is 1.14 bits per heavy atom. The highest BCUT2D eigenvalue weighted by molar-refractivity contribution is 7.92. The summed E-state index contributed by atoms with van der Waals surface area (Å²) in [7, 11) is -9.60. The van der Waals surface area contributed by atoms with Gasteiger partial charge in [0.2, 0.25) is 0 Å². The van der Waals surface area contributed by atoms with E-state index in [4.69, 9.17) is 24.6 Å². The molecule has 3 rings (SSSR count). The molecule has 3 aromatic rings. The molecule has 2 aromatic carbocycles. The number of sulfonamides is 1. The average Bonchev–Trinajstić information content (AvgIpc) is 3.32. The summed E-state index contributed by atoms with van der Waals surface area (Å²) in [5.74, 6) is -3.00. The third-order valence-electron chi connectivity index (χ3n) is 4.72. The quantitative estimate of drug-likeness (QED) is 0.0634. The number of hydrogen-bond acceptors (Lipinski definition) is 9. The van der Waals surface area contributed by atoms with Gasteiger partial charge in [-0.1, -0.05) is 18.2 Å². The third-order valence-corrected chi connectivity index (χ3v) is 9.06. The fourth-order valence-electron chi connectivity index (χ4n) is 3.03. The molecule has 0 bridgehead atoms. The first-order chi connectivity index (χ1) is 19.8. The predicted octanol–water partition coefficient (Wildman–Crippen LogP) is 4.50. The van der Waals surface area contributed by atoms with E-state index in [1.54, 1.807) is 16.9 Å². The van der Waals surface area contributed by atoms with Crippen molar-refractivity contribution in [2.75, 3.05) is 19.4 Å². The number of nitrogens with zero attached hydrogens (tertiary/aromatic N) is 1. The minimum absolute atomic E-state index is 0.0395. The van der Waals surface area contributed by atoms with Crippen LogP contribution in [0.25, 0.3) is 10.1 Å². The van der Waals surface area contributed by atoms with Crippen LogP contribution in [0.15, 0.2) is 46.7 Å². The van der Waals surface area contributed by atoms with Crippen LogP contribution in [0.1, 0.15) is 11.1 Å². The van der Waals surface area contributed by atoms with E-state index in [1.807, 2.05) is 0 Å². The van der Waals surface area contributed by atoms with E-state index < -0.39 is 62.9 Å². The Balaban J connectivity index is 0.000000821. The van der Waals surface area contributed by atoms with Gasteiger partial charge in [-0.15, -0.1) is 11.3 Å². The standard InChI is InChI=1S/C20H18F3N4O6PS2.C2HF3O2/c21-20(22,23)18-17-14(10-24)15(32-9-8-26-11-25)6-7-16(17)35-19(18)36(30,31)27-12-34(28,29)33-13-4-2-1-3-5-13;3-2(4,5)1(6)7/h1-7,11,27H,8-9,12H2,(H2,25,26)(H,28,29);(H,6,7). The summed E-state index contributed by atoms with van der Waals surface area (Å²) in [6.07, 6.45) is -10.6. The number of rotatable bonds is 11. The number of benzene rings is 2. The zero-order valence-corrected chi connectivity index (χ0v) is 23.6. The number of fused-ring (bicyclic) bond motifs is 1. The van der Waals surface area contributed by atoms with Gasteiger partial charge in [0.05, 0.1) is 11.9 Å². The second kappa shape index (κ2) is 14.1. The maximum atomic E-state index is 14.1.